The van der Waals surface area contributed by atoms with Gasteiger partial charge in [0, 0.05) is 18.5 Å². The highest BCUT2D eigenvalue weighted by molar-refractivity contribution is 7.12. The van der Waals surface area contributed by atoms with E-state index in [1.807, 2.05) is 24.3 Å². The van der Waals surface area contributed by atoms with E-state index in [9.17, 15) is 9.59 Å². The van der Waals surface area contributed by atoms with Gasteiger partial charge in [-0.3, -0.25) is 9.59 Å². The molecule has 1 aromatic carbocycles. The molecule has 0 spiro atoms. The van der Waals surface area contributed by atoms with Gasteiger partial charge in [0.25, 0.3) is 5.91 Å². The van der Waals surface area contributed by atoms with Crippen LogP contribution in [0.5, 0.6) is 0 Å². The molecule has 1 aliphatic heterocycles. The molecule has 2 N–H and O–H groups in total. The minimum Gasteiger partial charge on any atom is -0.440 e. The van der Waals surface area contributed by atoms with Crippen LogP contribution >= 0.6 is 11.3 Å². The van der Waals surface area contributed by atoms with E-state index in [1.54, 1.807) is 16.3 Å². The predicted octanol–water partition coefficient (Wildman–Crippen LogP) is 3.01. The van der Waals surface area contributed by atoms with E-state index in [-0.39, 0.29) is 11.8 Å². The third-order valence-electron chi connectivity index (χ3n) is 4.46. The molecular formula is C18H17N3O3S. The molecule has 128 valence electrons. The second-order valence-electron chi connectivity index (χ2n) is 6.17. The fourth-order valence-corrected chi connectivity index (χ4v) is 4.02. The first-order valence-electron chi connectivity index (χ1n) is 8.15. The van der Waals surface area contributed by atoms with Crippen LogP contribution in [0, 0.1) is 0 Å². The second-order valence-corrected chi connectivity index (χ2v) is 7.09. The van der Waals surface area contributed by atoms with Crippen molar-refractivity contribution in [3.63, 3.8) is 0 Å². The third kappa shape index (κ3) is 3.02. The van der Waals surface area contributed by atoms with Gasteiger partial charge in [0.15, 0.2) is 11.5 Å². The molecule has 1 fully saturated rings. The highest BCUT2D eigenvalue weighted by Crippen LogP contribution is 2.30. The first-order valence-corrected chi connectivity index (χ1v) is 9.03. The first-order chi connectivity index (χ1) is 12.1. The average molecular weight is 355 g/mol. The molecule has 1 aliphatic rings. The number of primary amides is 1. The smallest absolute Gasteiger partial charge is 0.263 e. The van der Waals surface area contributed by atoms with E-state index in [0.717, 1.165) is 23.9 Å². The molecule has 6 nitrogen and oxygen atoms in total. The number of aromatic nitrogens is 1. The molecule has 3 aromatic rings. The number of carbonyl (C=O) groups excluding carboxylic acids is 2. The van der Waals surface area contributed by atoms with Crippen LogP contribution in [0.15, 0.2) is 40.1 Å². The summed E-state index contributed by atoms with van der Waals surface area (Å²) in [5, 5.41) is 1.62. The van der Waals surface area contributed by atoms with Crippen molar-refractivity contribution >= 4 is 34.3 Å². The van der Waals surface area contributed by atoms with Crippen molar-refractivity contribution in [1.82, 2.24) is 9.88 Å². The number of piperidine rings is 1. The van der Waals surface area contributed by atoms with Gasteiger partial charge in [0.2, 0.25) is 5.91 Å². The Morgan fingerprint density at radius 3 is 2.92 bits per heavy atom. The number of para-hydroxylation sites is 2. The lowest BCUT2D eigenvalue weighted by Crippen LogP contribution is -2.38. The summed E-state index contributed by atoms with van der Waals surface area (Å²) >= 11 is 1.25. The van der Waals surface area contributed by atoms with Crippen LogP contribution in [0.25, 0.3) is 11.1 Å². The standard InChI is InChI=1S/C18H17N3O3S/c19-16(22)12-8-15(25-10-12)18(23)21-7-3-4-11(9-21)17-20-13-5-1-2-6-14(13)24-17/h1-2,5-6,8,10-11H,3-4,7,9H2,(H2,19,22). The number of carbonyl (C=O) groups is 2. The molecule has 7 heteroatoms. The molecule has 3 heterocycles. The molecule has 1 atom stereocenters. The lowest BCUT2D eigenvalue weighted by molar-refractivity contribution is 0.0704. The summed E-state index contributed by atoms with van der Waals surface area (Å²) in [6.07, 6.45) is 1.83. The lowest BCUT2D eigenvalue weighted by Gasteiger charge is -2.30. The van der Waals surface area contributed by atoms with E-state index in [4.69, 9.17) is 10.2 Å². The van der Waals surface area contributed by atoms with Gasteiger partial charge in [-0.15, -0.1) is 11.3 Å². The van der Waals surface area contributed by atoms with Crippen molar-refractivity contribution in [2.24, 2.45) is 5.73 Å². The summed E-state index contributed by atoms with van der Waals surface area (Å²) in [4.78, 5) is 30.8. The number of amides is 2. The summed E-state index contributed by atoms with van der Waals surface area (Å²) in [5.41, 5.74) is 7.25. The maximum absolute atomic E-state index is 12.7. The Hall–Kier alpha value is -2.67. The Balaban J connectivity index is 1.53. The number of nitrogens with zero attached hydrogens (tertiary/aromatic N) is 2. The summed E-state index contributed by atoms with van der Waals surface area (Å²) in [6.45, 7) is 1.26. The highest BCUT2D eigenvalue weighted by Gasteiger charge is 2.29. The zero-order chi connectivity index (χ0) is 17.4. The number of oxazole rings is 1. The van der Waals surface area contributed by atoms with Gasteiger partial charge in [0.1, 0.15) is 5.52 Å². The summed E-state index contributed by atoms with van der Waals surface area (Å²) in [5.74, 6) is 0.181. The molecule has 1 saturated heterocycles. The Morgan fingerprint density at radius 2 is 2.16 bits per heavy atom. The number of thiophene rings is 1. The lowest BCUT2D eigenvalue weighted by atomic mass is 9.98. The summed E-state index contributed by atoms with van der Waals surface area (Å²) in [7, 11) is 0. The van der Waals surface area contributed by atoms with Gasteiger partial charge in [-0.2, -0.15) is 0 Å². The van der Waals surface area contributed by atoms with Gasteiger partial charge < -0.3 is 15.1 Å². The van der Waals surface area contributed by atoms with Crippen LogP contribution in [0.2, 0.25) is 0 Å². The normalized spacial score (nSPS) is 17.8. The first kappa shape index (κ1) is 15.8. The minimum absolute atomic E-state index is 0.0710. The number of hydrogen-bond donors (Lipinski definition) is 1. The van der Waals surface area contributed by atoms with Crippen molar-refractivity contribution in [1.29, 1.82) is 0 Å². The SMILES string of the molecule is NC(=O)c1csc(C(=O)N2CCCC(c3nc4ccccc4o3)C2)c1. The van der Waals surface area contributed by atoms with Gasteiger partial charge >= 0.3 is 0 Å². The van der Waals surface area contributed by atoms with E-state index in [1.165, 1.54) is 11.3 Å². The molecule has 0 saturated carbocycles. The summed E-state index contributed by atoms with van der Waals surface area (Å²) in [6, 6.07) is 9.23. The van der Waals surface area contributed by atoms with E-state index in [2.05, 4.69) is 4.98 Å². The molecule has 25 heavy (non-hydrogen) atoms. The molecule has 4 rings (SSSR count). The fraction of sp³-hybridized carbons (Fsp3) is 0.278. The molecular weight excluding hydrogens is 338 g/mol. The van der Waals surface area contributed by atoms with E-state index in [0.29, 0.717) is 29.4 Å². The third-order valence-corrected chi connectivity index (χ3v) is 5.38. The van der Waals surface area contributed by atoms with E-state index >= 15 is 0 Å². The second kappa shape index (κ2) is 6.33. The van der Waals surface area contributed by atoms with Crippen molar-refractivity contribution in [3.8, 4) is 0 Å². The van der Waals surface area contributed by atoms with Gasteiger partial charge in [0.05, 0.1) is 16.4 Å². The zero-order valence-electron chi connectivity index (χ0n) is 13.5. The van der Waals surface area contributed by atoms with Crippen molar-refractivity contribution in [3.05, 3.63) is 52.0 Å². The van der Waals surface area contributed by atoms with Gasteiger partial charge in [-0.1, -0.05) is 12.1 Å². The van der Waals surface area contributed by atoms with Crippen LogP contribution in [-0.4, -0.2) is 34.8 Å². The molecule has 2 aromatic heterocycles. The number of fused-ring (bicyclic) bond motifs is 1. The maximum atomic E-state index is 12.7. The quantitative estimate of drug-likeness (QED) is 0.782. The van der Waals surface area contributed by atoms with Crippen molar-refractivity contribution < 1.29 is 14.0 Å². The van der Waals surface area contributed by atoms with Crippen LogP contribution in [0.4, 0.5) is 0 Å². The minimum atomic E-state index is -0.515. The Morgan fingerprint density at radius 1 is 1.32 bits per heavy atom. The Kier molecular flexibility index (Phi) is 4.01. The molecule has 0 aliphatic carbocycles. The number of benzene rings is 1. The molecule has 2 amide bonds. The van der Waals surface area contributed by atoms with Crippen LogP contribution in [-0.2, 0) is 0 Å². The number of likely N-dealkylation sites (tertiary alicyclic amines) is 1. The van der Waals surface area contributed by atoms with E-state index < -0.39 is 5.91 Å². The van der Waals surface area contributed by atoms with Crippen molar-refractivity contribution in [2.75, 3.05) is 13.1 Å². The maximum Gasteiger partial charge on any atom is 0.263 e. The van der Waals surface area contributed by atoms with Crippen LogP contribution in [0.1, 0.15) is 44.7 Å². The molecule has 0 radical (unpaired) electrons. The highest BCUT2D eigenvalue weighted by atomic mass is 32.1. The Bertz CT molecular complexity index is 913. The van der Waals surface area contributed by atoms with Gasteiger partial charge in [-0.05, 0) is 31.0 Å². The average Bonchev–Trinajstić information content (AvgIpc) is 3.28. The fourth-order valence-electron chi connectivity index (χ4n) is 3.16. The predicted molar refractivity (Wildman–Crippen MR) is 94.7 cm³/mol. The number of rotatable bonds is 3. The Labute approximate surface area is 148 Å². The topological polar surface area (TPSA) is 89.4 Å². The number of nitrogens with two attached hydrogens (primary N) is 1. The molecule has 0 bridgehead atoms. The largest absolute Gasteiger partial charge is 0.440 e. The molecule has 1 unspecified atom stereocenters. The monoisotopic (exact) mass is 355 g/mol. The number of hydrogen-bond acceptors (Lipinski definition) is 5. The zero-order valence-corrected chi connectivity index (χ0v) is 14.3. The summed E-state index contributed by atoms with van der Waals surface area (Å²) < 4.78 is 5.87. The van der Waals surface area contributed by atoms with Crippen LogP contribution < -0.4 is 5.73 Å². The van der Waals surface area contributed by atoms with Crippen LogP contribution in [0.3, 0.4) is 0 Å². The van der Waals surface area contributed by atoms with Gasteiger partial charge in [-0.25, -0.2) is 4.98 Å². The van der Waals surface area contributed by atoms with Crippen molar-refractivity contribution in [2.45, 2.75) is 18.8 Å².